The van der Waals surface area contributed by atoms with Crippen molar-refractivity contribution in [3.05, 3.63) is 51.7 Å². The van der Waals surface area contributed by atoms with Crippen molar-refractivity contribution in [3.8, 4) is 0 Å². The number of ketones is 1. The van der Waals surface area contributed by atoms with Gasteiger partial charge in [0.05, 0.1) is 10.6 Å². The number of benzene rings is 1. The molecule has 5 heteroatoms. The molecule has 0 aliphatic carbocycles. The van der Waals surface area contributed by atoms with Gasteiger partial charge >= 0.3 is 0 Å². The number of carbonyl (C=O) groups excluding carboxylic acids is 2. The molecule has 2 rings (SSSR count). The zero-order valence-corrected chi connectivity index (χ0v) is 11.8. The molecule has 1 amide bonds. The van der Waals surface area contributed by atoms with Gasteiger partial charge in [-0.3, -0.25) is 9.59 Å². The number of anilines is 1. The second-order valence-electron chi connectivity index (χ2n) is 3.98. The molecule has 0 saturated heterocycles. The lowest BCUT2D eigenvalue weighted by atomic mass is 10.1. The van der Waals surface area contributed by atoms with Gasteiger partial charge in [-0.2, -0.15) is 0 Å². The maximum absolute atomic E-state index is 12.4. The summed E-state index contributed by atoms with van der Waals surface area (Å²) in [6, 6.07) is 10.8. The number of thiophene rings is 1. The van der Waals surface area contributed by atoms with Gasteiger partial charge in [0, 0.05) is 10.4 Å². The lowest BCUT2D eigenvalue weighted by Gasteiger charge is -2.04. The maximum atomic E-state index is 12.4. The van der Waals surface area contributed by atoms with Crippen molar-refractivity contribution >= 4 is 40.3 Å². The predicted octanol–water partition coefficient (Wildman–Crippen LogP) is 3.46. The summed E-state index contributed by atoms with van der Waals surface area (Å²) < 4.78 is 0. The first-order chi connectivity index (χ1) is 9.11. The third kappa shape index (κ3) is 3.22. The number of aryl methyl sites for hydroxylation is 1. The number of carbonyl (C=O) groups is 2. The van der Waals surface area contributed by atoms with E-state index in [1.807, 2.05) is 25.1 Å². The van der Waals surface area contributed by atoms with Crippen LogP contribution < -0.4 is 5.32 Å². The first kappa shape index (κ1) is 13.8. The molecule has 3 nitrogen and oxygen atoms in total. The fourth-order valence-electron chi connectivity index (χ4n) is 1.68. The third-order valence-electron chi connectivity index (χ3n) is 2.49. The van der Waals surface area contributed by atoms with Crippen LogP contribution in [0.1, 0.15) is 20.1 Å². The lowest BCUT2D eigenvalue weighted by molar-refractivity contribution is -0.113. The van der Waals surface area contributed by atoms with Crippen LogP contribution in [0.15, 0.2) is 36.4 Å². The van der Waals surface area contributed by atoms with E-state index in [0.29, 0.717) is 16.1 Å². The smallest absolute Gasteiger partial charge is 0.239 e. The van der Waals surface area contributed by atoms with E-state index in [9.17, 15) is 9.59 Å². The average Bonchev–Trinajstić information content (AvgIpc) is 2.79. The number of alkyl halides is 1. The summed E-state index contributed by atoms with van der Waals surface area (Å²) in [5.74, 6) is -0.543. The Morgan fingerprint density at radius 3 is 2.58 bits per heavy atom. The minimum absolute atomic E-state index is 0.0939. The summed E-state index contributed by atoms with van der Waals surface area (Å²) in [4.78, 5) is 25.2. The molecule has 0 radical (unpaired) electrons. The maximum Gasteiger partial charge on any atom is 0.239 e. The average molecular weight is 294 g/mol. The highest BCUT2D eigenvalue weighted by Gasteiger charge is 2.17. The van der Waals surface area contributed by atoms with Crippen molar-refractivity contribution in [1.82, 2.24) is 0 Å². The molecular weight excluding hydrogens is 282 g/mol. The molecule has 1 N–H and O–H groups in total. The third-order valence-corrected chi connectivity index (χ3v) is 3.78. The second kappa shape index (κ2) is 5.99. The minimum atomic E-state index is -0.318. The summed E-state index contributed by atoms with van der Waals surface area (Å²) in [6.45, 7) is 1.89. The number of rotatable bonds is 4. The van der Waals surface area contributed by atoms with E-state index < -0.39 is 0 Å². The zero-order valence-electron chi connectivity index (χ0n) is 10.3. The Kier molecular flexibility index (Phi) is 4.35. The predicted molar refractivity (Wildman–Crippen MR) is 78.3 cm³/mol. The Labute approximate surface area is 120 Å². The molecule has 19 heavy (non-hydrogen) atoms. The number of hydrogen-bond acceptors (Lipinski definition) is 3. The van der Waals surface area contributed by atoms with E-state index in [4.69, 9.17) is 11.6 Å². The van der Waals surface area contributed by atoms with Gasteiger partial charge in [-0.15, -0.1) is 22.9 Å². The summed E-state index contributed by atoms with van der Waals surface area (Å²) in [5, 5.41) is 2.65. The highest BCUT2D eigenvalue weighted by molar-refractivity contribution is 7.14. The van der Waals surface area contributed by atoms with Gasteiger partial charge in [0.1, 0.15) is 5.88 Å². The van der Waals surface area contributed by atoms with Gasteiger partial charge in [0.25, 0.3) is 0 Å². The van der Waals surface area contributed by atoms with Crippen molar-refractivity contribution in [1.29, 1.82) is 0 Å². The van der Waals surface area contributed by atoms with Gasteiger partial charge in [0.15, 0.2) is 0 Å². The van der Waals surface area contributed by atoms with E-state index in [-0.39, 0.29) is 17.6 Å². The summed E-state index contributed by atoms with van der Waals surface area (Å²) in [5.41, 5.74) is 1.13. The minimum Gasteiger partial charge on any atom is -0.324 e. The van der Waals surface area contributed by atoms with Crippen LogP contribution in [0, 0.1) is 6.92 Å². The molecule has 0 atom stereocenters. The van der Waals surface area contributed by atoms with Crippen molar-refractivity contribution < 1.29 is 9.59 Å². The molecule has 0 aliphatic rings. The normalized spacial score (nSPS) is 10.2. The molecule has 98 valence electrons. The summed E-state index contributed by atoms with van der Waals surface area (Å²) in [7, 11) is 0. The molecule has 0 fully saturated rings. The lowest BCUT2D eigenvalue weighted by Crippen LogP contribution is -2.14. The highest BCUT2D eigenvalue weighted by atomic mass is 35.5. The molecule has 0 aliphatic heterocycles. The van der Waals surface area contributed by atoms with Crippen LogP contribution in [0.5, 0.6) is 0 Å². The van der Waals surface area contributed by atoms with Gasteiger partial charge in [-0.1, -0.05) is 30.3 Å². The van der Waals surface area contributed by atoms with Crippen LogP contribution in [0.2, 0.25) is 0 Å². The molecule has 0 spiro atoms. The Bertz CT molecular complexity index is 607. The van der Waals surface area contributed by atoms with Gasteiger partial charge in [-0.25, -0.2) is 0 Å². The topological polar surface area (TPSA) is 46.2 Å². The van der Waals surface area contributed by atoms with Crippen molar-refractivity contribution in [2.45, 2.75) is 6.92 Å². The molecule has 0 saturated carbocycles. The number of halogens is 1. The van der Waals surface area contributed by atoms with Crippen LogP contribution >= 0.6 is 22.9 Å². The van der Waals surface area contributed by atoms with Gasteiger partial charge in [-0.05, 0) is 13.0 Å². The standard InChI is InChI=1S/C14H12ClNO2S/c1-9-7-11(16-12(17)8-15)14(19-9)13(18)10-5-3-2-4-6-10/h2-7H,8H2,1H3,(H,16,17). The Hall–Kier alpha value is -1.65. The second-order valence-corrected chi connectivity index (χ2v) is 5.50. The van der Waals surface area contributed by atoms with Crippen LogP contribution in [0.25, 0.3) is 0 Å². The van der Waals surface area contributed by atoms with Crippen LogP contribution in [0.4, 0.5) is 5.69 Å². The SMILES string of the molecule is Cc1cc(NC(=O)CCl)c(C(=O)c2ccccc2)s1. The van der Waals surface area contributed by atoms with E-state index in [1.165, 1.54) is 11.3 Å². The van der Waals surface area contributed by atoms with Crippen LogP contribution in [-0.2, 0) is 4.79 Å². The number of amides is 1. The zero-order chi connectivity index (χ0) is 13.8. The van der Waals surface area contributed by atoms with E-state index in [0.717, 1.165) is 4.88 Å². The molecular formula is C14H12ClNO2S. The molecule has 1 aromatic heterocycles. The molecule has 0 unspecified atom stereocenters. The summed E-state index contributed by atoms with van der Waals surface area (Å²) >= 11 is 6.83. The van der Waals surface area contributed by atoms with E-state index in [2.05, 4.69) is 5.32 Å². The quantitative estimate of drug-likeness (QED) is 0.693. The first-order valence-corrected chi connectivity index (χ1v) is 7.03. The van der Waals surface area contributed by atoms with Crippen molar-refractivity contribution in [2.24, 2.45) is 0 Å². The van der Waals surface area contributed by atoms with Crippen LogP contribution in [0.3, 0.4) is 0 Å². The Balaban J connectivity index is 2.34. The van der Waals surface area contributed by atoms with Crippen molar-refractivity contribution in [3.63, 3.8) is 0 Å². The molecule has 2 aromatic rings. The Morgan fingerprint density at radius 2 is 1.95 bits per heavy atom. The fraction of sp³-hybridized carbons (Fsp3) is 0.143. The van der Waals surface area contributed by atoms with Gasteiger partial charge in [0.2, 0.25) is 11.7 Å². The van der Waals surface area contributed by atoms with Gasteiger partial charge < -0.3 is 5.32 Å². The van der Waals surface area contributed by atoms with Crippen LogP contribution in [-0.4, -0.2) is 17.6 Å². The monoisotopic (exact) mass is 293 g/mol. The summed E-state index contributed by atoms with van der Waals surface area (Å²) in [6.07, 6.45) is 0. The molecule has 0 bridgehead atoms. The van der Waals surface area contributed by atoms with E-state index in [1.54, 1.807) is 18.2 Å². The fourth-order valence-corrected chi connectivity index (χ4v) is 2.68. The highest BCUT2D eigenvalue weighted by Crippen LogP contribution is 2.29. The molecule has 1 heterocycles. The first-order valence-electron chi connectivity index (χ1n) is 5.68. The number of hydrogen-bond donors (Lipinski definition) is 1. The number of nitrogens with one attached hydrogen (secondary N) is 1. The largest absolute Gasteiger partial charge is 0.324 e. The Morgan fingerprint density at radius 1 is 1.26 bits per heavy atom. The van der Waals surface area contributed by atoms with Crippen molar-refractivity contribution in [2.75, 3.05) is 11.2 Å². The molecule has 1 aromatic carbocycles. The van der Waals surface area contributed by atoms with E-state index >= 15 is 0 Å².